The SMILES string of the molecule is Cl.O=c1oc2c(ccc3c(Br)c(CN4CCCCC4)[se]c32)cc1P(=O)(O)O. The zero-order valence-electron chi connectivity index (χ0n) is 14.2. The molecule has 2 N–H and O–H groups in total. The molecule has 27 heavy (non-hydrogen) atoms. The molecule has 0 unspecified atom stereocenters. The molecule has 6 nitrogen and oxygen atoms in total. The van der Waals surface area contributed by atoms with Crippen molar-refractivity contribution in [1.29, 1.82) is 0 Å². The average Bonchev–Trinajstić information content (AvgIpc) is 2.91. The summed E-state index contributed by atoms with van der Waals surface area (Å²) in [6.45, 7) is 3.12. The first-order valence-corrected chi connectivity index (χ1v) is 12.4. The molecule has 0 spiro atoms. The van der Waals surface area contributed by atoms with Crippen LogP contribution in [0.2, 0.25) is 0 Å². The first-order valence-electron chi connectivity index (χ1n) is 8.31. The van der Waals surface area contributed by atoms with Crippen molar-refractivity contribution in [3.63, 3.8) is 0 Å². The van der Waals surface area contributed by atoms with Crippen molar-refractivity contribution >= 4 is 76.4 Å². The third kappa shape index (κ3) is 4.14. The second-order valence-electron chi connectivity index (χ2n) is 6.50. The quantitative estimate of drug-likeness (QED) is 0.301. The van der Waals surface area contributed by atoms with Crippen LogP contribution in [-0.4, -0.2) is 42.3 Å². The number of halogens is 2. The molecule has 0 atom stereocenters. The van der Waals surface area contributed by atoms with Crippen molar-refractivity contribution < 1.29 is 18.8 Å². The van der Waals surface area contributed by atoms with Crippen molar-refractivity contribution in [2.45, 2.75) is 25.8 Å². The zero-order valence-corrected chi connectivity index (χ0v) is 19.2. The molecule has 0 amide bonds. The van der Waals surface area contributed by atoms with Gasteiger partial charge in [-0.1, -0.05) is 0 Å². The summed E-state index contributed by atoms with van der Waals surface area (Å²) in [6.07, 6.45) is 3.75. The first-order chi connectivity index (χ1) is 12.3. The van der Waals surface area contributed by atoms with E-state index in [9.17, 15) is 19.1 Å². The summed E-state index contributed by atoms with van der Waals surface area (Å²) >= 11 is 3.71. The molecule has 1 aliphatic heterocycles. The number of rotatable bonds is 3. The molecule has 146 valence electrons. The van der Waals surface area contributed by atoms with Gasteiger partial charge >= 0.3 is 164 Å². The van der Waals surface area contributed by atoms with Gasteiger partial charge in [-0.15, -0.1) is 12.4 Å². The number of hydrogen-bond acceptors (Lipinski definition) is 4. The number of hydrogen-bond donors (Lipinski definition) is 2. The van der Waals surface area contributed by atoms with Gasteiger partial charge in [-0.3, -0.25) is 0 Å². The van der Waals surface area contributed by atoms with E-state index in [1.165, 1.54) is 29.8 Å². The van der Waals surface area contributed by atoms with Gasteiger partial charge in [0.1, 0.15) is 0 Å². The van der Waals surface area contributed by atoms with Crippen molar-refractivity contribution in [1.82, 2.24) is 4.90 Å². The second kappa shape index (κ2) is 8.13. The number of nitrogens with zero attached hydrogens (tertiary/aromatic N) is 1. The Kier molecular flexibility index (Phi) is 6.41. The van der Waals surface area contributed by atoms with E-state index in [1.54, 1.807) is 6.07 Å². The third-order valence-electron chi connectivity index (χ3n) is 4.67. The van der Waals surface area contributed by atoms with Gasteiger partial charge in [-0.05, 0) is 0 Å². The summed E-state index contributed by atoms with van der Waals surface area (Å²) in [5.74, 6) is 0. The van der Waals surface area contributed by atoms with E-state index in [4.69, 9.17) is 4.42 Å². The molecule has 0 bridgehead atoms. The molecule has 0 aliphatic carbocycles. The third-order valence-corrected chi connectivity index (χ3v) is 9.61. The molecule has 0 saturated carbocycles. The summed E-state index contributed by atoms with van der Waals surface area (Å²) in [4.78, 5) is 33.2. The van der Waals surface area contributed by atoms with Crippen molar-refractivity contribution in [2.24, 2.45) is 0 Å². The van der Waals surface area contributed by atoms with E-state index < -0.39 is 18.5 Å². The van der Waals surface area contributed by atoms with Gasteiger partial charge in [0.05, 0.1) is 0 Å². The predicted octanol–water partition coefficient (Wildman–Crippen LogP) is 2.98. The van der Waals surface area contributed by atoms with E-state index in [2.05, 4.69) is 20.8 Å². The molecule has 1 saturated heterocycles. The fourth-order valence-electron chi connectivity index (χ4n) is 3.37. The zero-order chi connectivity index (χ0) is 18.5. The Bertz CT molecular complexity index is 1100. The number of likely N-dealkylation sites (tertiary alicyclic amines) is 1. The van der Waals surface area contributed by atoms with Crippen molar-refractivity contribution in [2.75, 3.05) is 13.1 Å². The summed E-state index contributed by atoms with van der Waals surface area (Å²) in [6, 6.07) is 4.93. The first kappa shape index (κ1) is 21.3. The Hall–Kier alpha value is -0.431. The minimum atomic E-state index is -4.66. The van der Waals surface area contributed by atoms with Crippen LogP contribution in [0.5, 0.6) is 0 Å². The predicted molar refractivity (Wildman–Crippen MR) is 113 cm³/mol. The van der Waals surface area contributed by atoms with Gasteiger partial charge in [0.2, 0.25) is 0 Å². The Morgan fingerprint density at radius 3 is 2.59 bits per heavy atom. The van der Waals surface area contributed by atoms with Crippen LogP contribution in [0.15, 0.2) is 31.9 Å². The van der Waals surface area contributed by atoms with Crippen LogP contribution in [0.4, 0.5) is 0 Å². The monoisotopic (exact) mass is 541 g/mol. The minimum absolute atomic E-state index is 0. The number of fused-ring (bicyclic) bond motifs is 3. The summed E-state index contributed by atoms with van der Waals surface area (Å²) < 4.78 is 20.2. The van der Waals surface area contributed by atoms with Crippen LogP contribution in [-0.2, 0) is 11.1 Å². The molecule has 1 aliphatic rings. The van der Waals surface area contributed by atoms with E-state index in [0.717, 1.165) is 33.8 Å². The van der Waals surface area contributed by atoms with Crippen LogP contribution < -0.4 is 10.9 Å². The molecule has 10 heteroatoms. The summed E-state index contributed by atoms with van der Waals surface area (Å²) in [5, 5.41) is 0.968. The van der Waals surface area contributed by atoms with Gasteiger partial charge in [0.15, 0.2) is 0 Å². The summed E-state index contributed by atoms with van der Waals surface area (Å²) in [7, 11) is -4.66. The van der Waals surface area contributed by atoms with Gasteiger partial charge in [-0.2, -0.15) is 0 Å². The molecular formula is C17H18BrClNO5PSe. The Morgan fingerprint density at radius 1 is 1.22 bits per heavy atom. The molecule has 3 aromatic rings. The molecule has 1 fully saturated rings. The van der Waals surface area contributed by atoms with Crippen molar-refractivity contribution in [3.05, 3.63) is 37.5 Å². The Morgan fingerprint density at radius 2 is 1.93 bits per heavy atom. The number of piperidine rings is 1. The van der Waals surface area contributed by atoms with E-state index in [0.29, 0.717) is 11.0 Å². The van der Waals surface area contributed by atoms with Gasteiger partial charge in [0, 0.05) is 0 Å². The Balaban J connectivity index is 0.00000210. The fourth-order valence-corrected chi connectivity index (χ4v) is 7.70. The van der Waals surface area contributed by atoms with Crippen LogP contribution in [0.25, 0.3) is 20.6 Å². The van der Waals surface area contributed by atoms with Gasteiger partial charge in [0.25, 0.3) is 0 Å². The van der Waals surface area contributed by atoms with E-state index >= 15 is 0 Å². The Labute approximate surface area is 176 Å². The molecule has 3 heterocycles. The fraction of sp³-hybridized carbons (Fsp3) is 0.353. The van der Waals surface area contributed by atoms with E-state index in [-0.39, 0.29) is 26.9 Å². The summed E-state index contributed by atoms with van der Waals surface area (Å²) in [5.41, 5.74) is -0.522. The van der Waals surface area contributed by atoms with Crippen LogP contribution in [0.1, 0.15) is 23.7 Å². The molecule has 0 radical (unpaired) electrons. The molecular weight excluding hydrogens is 523 g/mol. The van der Waals surface area contributed by atoms with E-state index in [1.807, 2.05) is 6.07 Å². The molecule has 4 rings (SSSR count). The van der Waals surface area contributed by atoms with Crippen LogP contribution in [0.3, 0.4) is 0 Å². The topological polar surface area (TPSA) is 91.0 Å². The second-order valence-corrected chi connectivity index (χ2v) is 11.2. The normalized spacial score (nSPS) is 16.0. The molecule has 1 aromatic carbocycles. The van der Waals surface area contributed by atoms with Gasteiger partial charge < -0.3 is 0 Å². The number of benzene rings is 1. The van der Waals surface area contributed by atoms with Crippen LogP contribution in [0, 0.1) is 0 Å². The average molecular weight is 542 g/mol. The van der Waals surface area contributed by atoms with Gasteiger partial charge in [-0.25, -0.2) is 0 Å². The maximum absolute atomic E-state index is 12.1. The standard InChI is InChI=1S/C17H17BrNO5PSe.ClH/c18-14-11-5-4-10-8-12(25(21,22)23)17(20)24-15(10)16(11)26-13(14)9-19-6-2-1-3-7-19;/h4-5,8H,1-3,6-7,9H2,(H2,21,22,23);1H. The maximum atomic E-state index is 12.1. The van der Waals surface area contributed by atoms with Crippen molar-refractivity contribution in [3.8, 4) is 0 Å². The molecule has 2 aromatic heterocycles. The van der Waals surface area contributed by atoms with Crippen LogP contribution >= 0.6 is 35.9 Å².